The van der Waals surface area contributed by atoms with Crippen LogP contribution in [0.5, 0.6) is 5.75 Å². The highest BCUT2D eigenvalue weighted by Crippen LogP contribution is 2.16. The van der Waals surface area contributed by atoms with Gasteiger partial charge in [0.05, 0.1) is 17.8 Å². The van der Waals surface area contributed by atoms with E-state index in [0.717, 1.165) is 25.9 Å². The van der Waals surface area contributed by atoms with Crippen molar-refractivity contribution in [3.05, 3.63) is 29.8 Å². The molecule has 112 valence electrons. The van der Waals surface area contributed by atoms with Crippen molar-refractivity contribution in [2.24, 2.45) is 0 Å². The van der Waals surface area contributed by atoms with Gasteiger partial charge in [-0.05, 0) is 44.5 Å². The van der Waals surface area contributed by atoms with Crippen LogP contribution < -0.4 is 4.74 Å². The fourth-order valence-corrected chi connectivity index (χ4v) is 1.92. The van der Waals surface area contributed by atoms with Gasteiger partial charge in [-0.3, -0.25) is 0 Å². The lowest BCUT2D eigenvalue weighted by Crippen LogP contribution is -2.21. The van der Waals surface area contributed by atoms with Gasteiger partial charge in [-0.25, -0.2) is 4.79 Å². The van der Waals surface area contributed by atoms with Crippen molar-refractivity contribution in [2.75, 3.05) is 6.61 Å². The van der Waals surface area contributed by atoms with Crippen LogP contribution in [0, 0.1) is 0 Å². The second kappa shape index (κ2) is 8.59. The molecule has 0 heterocycles. The van der Waals surface area contributed by atoms with Crippen LogP contribution in [0.25, 0.3) is 0 Å². The van der Waals surface area contributed by atoms with Crippen LogP contribution in [-0.4, -0.2) is 29.9 Å². The molecule has 0 spiro atoms. The molecule has 0 radical (unpaired) electrons. The number of benzene rings is 1. The highest BCUT2D eigenvalue weighted by molar-refractivity contribution is 5.87. The molecule has 0 aliphatic carbocycles. The smallest absolute Gasteiger partial charge is 0.335 e. The van der Waals surface area contributed by atoms with Crippen LogP contribution in [0.15, 0.2) is 24.3 Å². The van der Waals surface area contributed by atoms with Gasteiger partial charge in [0.1, 0.15) is 5.75 Å². The van der Waals surface area contributed by atoms with Crippen molar-refractivity contribution in [2.45, 2.75) is 52.2 Å². The molecule has 1 N–H and O–H groups in total. The minimum Gasteiger partial charge on any atom is -0.491 e. The Hall–Kier alpha value is -1.55. The summed E-state index contributed by atoms with van der Waals surface area (Å²) in [5.41, 5.74) is 0.265. The van der Waals surface area contributed by atoms with E-state index in [1.807, 2.05) is 13.8 Å². The van der Waals surface area contributed by atoms with Crippen LogP contribution in [0.3, 0.4) is 0 Å². The Morgan fingerprint density at radius 1 is 1.20 bits per heavy atom. The lowest BCUT2D eigenvalue weighted by atomic mass is 10.2. The fraction of sp³-hybridized carbons (Fsp3) is 0.562. The summed E-state index contributed by atoms with van der Waals surface area (Å²) in [7, 11) is 0. The number of hydrogen-bond acceptors (Lipinski definition) is 3. The van der Waals surface area contributed by atoms with Crippen molar-refractivity contribution < 1.29 is 19.4 Å². The third-order valence-electron chi connectivity index (χ3n) is 3.00. The molecule has 0 unspecified atom stereocenters. The monoisotopic (exact) mass is 280 g/mol. The van der Waals surface area contributed by atoms with E-state index >= 15 is 0 Å². The van der Waals surface area contributed by atoms with Crippen LogP contribution in [0.1, 0.15) is 50.4 Å². The van der Waals surface area contributed by atoms with Gasteiger partial charge < -0.3 is 14.6 Å². The van der Waals surface area contributed by atoms with Gasteiger partial charge in [0.2, 0.25) is 0 Å². The summed E-state index contributed by atoms with van der Waals surface area (Å²) < 4.78 is 11.4. The van der Waals surface area contributed by atoms with Gasteiger partial charge in [0.25, 0.3) is 0 Å². The van der Waals surface area contributed by atoms with E-state index < -0.39 is 5.97 Å². The molecule has 4 heteroatoms. The third kappa shape index (κ3) is 6.06. The van der Waals surface area contributed by atoms with Crippen LogP contribution in [0.4, 0.5) is 0 Å². The average molecular weight is 280 g/mol. The van der Waals surface area contributed by atoms with Gasteiger partial charge in [0, 0.05) is 13.0 Å². The summed E-state index contributed by atoms with van der Waals surface area (Å²) >= 11 is 0. The normalized spacial score (nSPS) is 13.8. The molecule has 2 atom stereocenters. The maximum atomic E-state index is 10.7. The largest absolute Gasteiger partial charge is 0.491 e. The first kappa shape index (κ1) is 16.5. The van der Waals surface area contributed by atoms with Crippen molar-refractivity contribution in [1.29, 1.82) is 0 Å². The number of ether oxygens (including phenoxy) is 2. The van der Waals surface area contributed by atoms with E-state index in [2.05, 4.69) is 6.92 Å². The van der Waals surface area contributed by atoms with Crippen molar-refractivity contribution >= 4 is 5.97 Å². The zero-order chi connectivity index (χ0) is 15.0. The zero-order valence-corrected chi connectivity index (χ0v) is 12.5. The first-order chi connectivity index (χ1) is 9.52. The molecule has 0 aliphatic rings. The van der Waals surface area contributed by atoms with E-state index in [1.54, 1.807) is 24.3 Å². The molecule has 4 nitrogen and oxygen atoms in total. The van der Waals surface area contributed by atoms with Gasteiger partial charge in [-0.1, -0.05) is 13.3 Å². The lowest BCUT2D eigenvalue weighted by Gasteiger charge is -2.19. The first-order valence-corrected chi connectivity index (χ1v) is 7.14. The minimum absolute atomic E-state index is 0.0299. The topological polar surface area (TPSA) is 55.8 Å². The summed E-state index contributed by atoms with van der Waals surface area (Å²) in [5, 5.41) is 8.82. The van der Waals surface area contributed by atoms with Gasteiger partial charge in [-0.15, -0.1) is 0 Å². The van der Waals surface area contributed by atoms with Crippen LogP contribution >= 0.6 is 0 Å². The number of carboxylic acid groups (broad SMARTS) is 1. The SMILES string of the molecule is CCCCO[C@H](C)C[C@@H](C)Oc1ccc(C(=O)O)cc1. The summed E-state index contributed by atoms with van der Waals surface area (Å²) in [6.07, 6.45) is 3.21. The predicted octanol–water partition coefficient (Wildman–Crippen LogP) is 3.75. The van der Waals surface area contributed by atoms with Crippen LogP contribution in [0.2, 0.25) is 0 Å². The Labute approximate surface area is 120 Å². The molecular weight excluding hydrogens is 256 g/mol. The molecule has 0 bridgehead atoms. The maximum absolute atomic E-state index is 10.7. The Morgan fingerprint density at radius 3 is 2.40 bits per heavy atom. The number of carboxylic acids is 1. The zero-order valence-electron chi connectivity index (χ0n) is 12.5. The summed E-state index contributed by atoms with van der Waals surface area (Å²) in [4.78, 5) is 10.7. The lowest BCUT2D eigenvalue weighted by molar-refractivity contribution is 0.0334. The van der Waals surface area contributed by atoms with Gasteiger partial charge in [0.15, 0.2) is 0 Å². The number of rotatable bonds is 9. The molecule has 0 fully saturated rings. The summed E-state index contributed by atoms with van der Waals surface area (Å²) in [6.45, 7) is 6.96. The molecule has 0 saturated heterocycles. The molecule has 0 amide bonds. The molecular formula is C16H24O4. The van der Waals surface area contributed by atoms with E-state index in [0.29, 0.717) is 5.75 Å². The number of hydrogen-bond donors (Lipinski definition) is 1. The van der Waals surface area contributed by atoms with E-state index in [1.165, 1.54) is 0 Å². The van der Waals surface area contributed by atoms with E-state index in [9.17, 15) is 4.79 Å². The highest BCUT2D eigenvalue weighted by Gasteiger charge is 2.11. The Bertz CT molecular complexity index is 399. The predicted molar refractivity (Wildman–Crippen MR) is 78.4 cm³/mol. The Balaban J connectivity index is 2.37. The second-order valence-electron chi connectivity index (χ2n) is 5.03. The molecule has 1 rings (SSSR count). The number of carbonyl (C=O) groups is 1. The quantitative estimate of drug-likeness (QED) is 0.700. The standard InChI is InChI=1S/C16H24O4/c1-4-5-10-19-12(2)11-13(3)20-15-8-6-14(7-9-15)16(17)18/h6-9,12-13H,4-5,10-11H2,1-3H3,(H,17,18)/t12-,13-/m1/s1. The number of aromatic carboxylic acids is 1. The van der Waals surface area contributed by atoms with Crippen molar-refractivity contribution in [3.8, 4) is 5.75 Å². The fourth-order valence-electron chi connectivity index (χ4n) is 1.92. The van der Waals surface area contributed by atoms with E-state index in [4.69, 9.17) is 14.6 Å². The minimum atomic E-state index is -0.928. The Kier molecular flexibility index (Phi) is 7.09. The maximum Gasteiger partial charge on any atom is 0.335 e. The van der Waals surface area contributed by atoms with Gasteiger partial charge >= 0.3 is 5.97 Å². The third-order valence-corrected chi connectivity index (χ3v) is 3.00. The highest BCUT2D eigenvalue weighted by atomic mass is 16.5. The molecule has 20 heavy (non-hydrogen) atoms. The molecule has 1 aromatic rings. The number of unbranched alkanes of at least 4 members (excludes halogenated alkanes) is 1. The summed E-state index contributed by atoms with van der Waals surface area (Å²) in [5.74, 6) is -0.245. The molecule has 0 saturated carbocycles. The van der Waals surface area contributed by atoms with E-state index in [-0.39, 0.29) is 17.8 Å². The molecule has 0 aliphatic heterocycles. The molecule has 1 aromatic carbocycles. The first-order valence-electron chi connectivity index (χ1n) is 7.14. The van der Waals surface area contributed by atoms with Crippen molar-refractivity contribution in [3.63, 3.8) is 0 Å². The second-order valence-corrected chi connectivity index (χ2v) is 5.03. The Morgan fingerprint density at radius 2 is 1.85 bits per heavy atom. The molecule has 0 aromatic heterocycles. The van der Waals surface area contributed by atoms with Crippen molar-refractivity contribution in [1.82, 2.24) is 0 Å². The van der Waals surface area contributed by atoms with Crippen LogP contribution in [-0.2, 0) is 4.74 Å². The average Bonchev–Trinajstić information content (AvgIpc) is 2.39. The van der Waals surface area contributed by atoms with Gasteiger partial charge in [-0.2, -0.15) is 0 Å². The summed E-state index contributed by atoms with van der Waals surface area (Å²) in [6, 6.07) is 6.46.